The molecule has 2 unspecified atom stereocenters. The number of aromatic amines is 1. The van der Waals surface area contributed by atoms with Gasteiger partial charge in [-0.3, -0.25) is 9.59 Å². The van der Waals surface area contributed by atoms with Crippen LogP contribution in [0.4, 0.5) is 0 Å². The number of pyridine rings is 1. The summed E-state index contributed by atoms with van der Waals surface area (Å²) < 4.78 is 0. The van der Waals surface area contributed by atoms with E-state index in [1.807, 2.05) is 24.3 Å². The SMILES string of the molecule is CSc1[nH]c(=O)c(C(=O)NC2c3ccccc3CC2C)cc1C#N. The predicted molar refractivity (Wildman–Crippen MR) is 93.1 cm³/mol. The summed E-state index contributed by atoms with van der Waals surface area (Å²) in [6.07, 6.45) is 2.66. The molecule has 1 aromatic heterocycles. The van der Waals surface area contributed by atoms with Gasteiger partial charge in [0.05, 0.1) is 16.6 Å². The number of benzene rings is 1. The summed E-state index contributed by atoms with van der Waals surface area (Å²) in [5.41, 5.74) is 2.11. The van der Waals surface area contributed by atoms with Crippen molar-refractivity contribution in [2.45, 2.75) is 24.4 Å². The van der Waals surface area contributed by atoms with E-state index in [9.17, 15) is 14.9 Å². The number of H-pyrrole nitrogens is 1. The molecule has 1 heterocycles. The first kappa shape index (κ1) is 16.3. The monoisotopic (exact) mass is 339 g/mol. The van der Waals surface area contributed by atoms with Crippen LogP contribution in [0.3, 0.4) is 0 Å². The van der Waals surface area contributed by atoms with Crippen molar-refractivity contribution in [2.75, 3.05) is 6.26 Å². The lowest BCUT2D eigenvalue weighted by Gasteiger charge is -2.18. The Morgan fingerprint density at radius 2 is 2.17 bits per heavy atom. The van der Waals surface area contributed by atoms with Gasteiger partial charge < -0.3 is 10.3 Å². The number of rotatable bonds is 3. The lowest BCUT2D eigenvalue weighted by Crippen LogP contribution is -2.34. The minimum absolute atomic E-state index is 0.0269. The number of hydrogen-bond donors (Lipinski definition) is 2. The van der Waals surface area contributed by atoms with Crippen LogP contribution in [0.5, 0.6) is 0 Å². The molecule has 0 aliphatic heterocycles. The van der Waals surface area contributed by atoms with Crippen LogP contribution in [0.2, 0.25) is 0 Å². The van der Waals surface area contributed by atoms with Crippen molar-refractivity contribution < 1.29 is 4.79 Å². The van der Waals surface area contributed by atoms with E-state index >= 15 is 0 Å². The molecule has 2 aromatic rings. The molecule has 6 heteroatoms. The number of amides is 1. The Labute approximate surface area is 144 Å². The first-order valence-corrected chi connectivity index (χ1v) is 8.87. The molecule has 122 valence electrons. The Balaban J connectivity index is 1.92. The van der Waals surface area contributed by atoms with Crippen molar-refractivity contribution in [3.8, 4) is 6.07 Å². The number of hydrogen-bond acceptors (Lipinski definition) is 4. The zero-order chi connectivity index (χ0) is 17.3. The molecule has 1 aromatic carbocycles. The number of nitrogens with zero attached hydrogens (tertiary/aromatic N) is 1. The molecule has 1 amide bonds. The summed E-state index contributed by atoms with van der Waals surface area (Å²) in [4.78, 5) is 27.4. The summed E-state index contributed by atoms with van der Waals surface area (Å²) in [6, 6.07) is 11.3. The number of thioether (sulfide) groups is 1. The molecule has 5 nitrogen and oxygen atoms in total. The first-order valence-electron chi connectivity index (χ1n) is 7.65. The Morgan fingerprint density at radius 1 is 1.42 bits per heavy atom. The second-order valence-electron chi connectivity index (χ2n) is 5.90. The van der Waals surface area contributed by atoms with Gasteiger partial charge in [0.2, 0.25) is 0 Å². The molecule has 0 saturated heterocycles. The van der Waals surface area contributed by atoms with Gasteiger partial charge >= 0.3 is 0 Å². The van der Waals surface area contributed by atoms with Gasteiger partial charge in [0, 0.05) is 0 Å². The highest BCUT2D eigenvalue weighted by Gasteiger charge is 2.31. The minimum Gasteiger partial charge on any atom is -0.345 e. The maximum Gasteiger partial charge on any atom is 0.261 e. The van der Waals surface area contributed by atoms with E-state index in [0.717, 1.165) is 12.0 Å². The van der Waals surface area contributed by atoms with Gasteiger partial charge in [0.15, 0.2) is 0 Å². The molecule has 24 heavy (non-hydrogen) atoms. The molecule has 0 bridgehead atoms. The largest absolute Gasteiger partial charge is 0.345 e. The van der Waals surface area contributed by atoms with E-state index in [-0.39, 0.29) is 17.5 Å². The molecule has 2 N–H and O–H groups in total. The van der Waals surface area contributed by atoms with Crippen molar-refractivity contribution in [1.29, 1.82) is 5.26 Å². The van der Waals surface area contributed by atoms with Gasteiger partial charge in [-0.25, -0.2) is 0 Å². The smallest absolute Gasteiger partial charge is 0.261 e. The molecule has 1 aliphatic carbocycles. The normalized spacial score (nSPS) is 18.7. The maximum atomic E-state index is 12.6. The van der Waals surface area contributed by atoms with Gasteiger partial charge in [0.1, 0.15) is 11.6 Å². The van der Waals surface area contributed by atoms with Crippen LogP contribution in [0.1, 0.15) is 40.0 Å². The zero-order valence-corrected chi connectivity index (χ0v) is 14.2. The van der Waals surface area contributed by atoms with Gasteiger partial charge in [-0.2, -0.15) is 5.26 Å². The second kappa shape index (κ2) is 6.54. The maximum absolute atomic E-state index is 12.6. The van der Waals surface area contributed by atoms with Crippen LogP contribution in [0.25, 0.3) is 0 Å². The van der Waals surface area contributed by atoms with Gasteiger partial charge in [-0.05, 0) is 35.8 Å². The fraction of sp³-hybridized carbons (Fsp3) is 0.278. The number of fused-ring (bicyclic) bond motifs is 1. The van der Waals surface area contributed by atoms with Crippen molar-refractivity contribution in [3.63, 3.8) is 0 Å². The van der Waals surface area contributed by atoms with Crippen LogP contribution in [0.15, 0.2) is 40.2 Å². The molecular formula is C18H17N3O2S. The molecule has 1 aliphatic rings. The van der Waals surface area contributed by atoms with Crippen molar-refractivity contribution in [1.82, 2.24) is 10.3 Å². The van der Waals surface area contributed by atoms with E-state index in [4.69, 9.17) is 0 Å². The minimum atomic E-state index is -0.477. The third-order valence-electron chi connectivity index (χ3n) is 4.36. The van der Waals surface area contributed by atoms with Crippen molar-refractivity contribution in [3.05, 3.63) is 62.9 Å². The number of aromatic nitrogens is 1. The highest BCUT2D eigenvalue weighted by molar-refractivity contribution is 7.98. The summed E-state index contributed by atoms with van der Waals surface area (Å²) in [7, 11) is 0. The lowest BCUT2D eigenvalue weighted by atomic mass is 10.0. The molecule has 0 saturated carbocycles. The lowest BCUT2D eigenvalue weighted by molar-refractivity contribution is 0.0925. The Morgan fingerprint density at radius 3 is 2.88 bits per heavy atom. The van der Waals surface area contributed by atoms with E-state index in [0.29, 0.717) is 10.6 Å². The molecule has 0 spiro atoms. The third-order valence-corrected chi connectivity index (χ3v) is 5.09. The number of carbonyl (C=O) groups is 1. The Hall–Kier alpha value is -2.52. The summed E-state index contributed by atoms with van der Waals surface area (Å²) in [5.74, 6) is -0.194. The van der Waals surface area contributed by atoms with Crippen LogP contribution in [0, 0.1) is 17.2 Å². The average Bonchev–Trinajstić information content (AvgIpc) is 2.90. The third kappa shape index (κ3) is 2.83. The Bertz CT molecular complexity index is 898. The summed E-state index contributed by atoms with van der Waals surface area (Å²) in [5, 5.41) is 12.6. The van der Waals surface area contributed by atoms with Crippen LogP contribution >= 0.6 is 11.8 Å². The van der Waals surface area contributed by atoms with Crippen molar-refractivity contribution in [2.24, 2.45) is 5.92 Å². The van der Waals surface area contributed by atoms with E-state index in [1.54, 1.807) is 6.26 Å². The highest BCUT2D eigenvalue weighted by atomic mass is 32.2. The summed E-state index contributed by atoms with van der Waals surface area (Å²) >= 11 is 1.27. The second-order valence-corrected chi connectivity index (χ2v) is 6.72. The standard InChI is InChI=1S/C18H17N3O2S/c1-10-7-11-5-3-4-6-13(11)15(10)20-16(22)14-8-12(9-19)18(24-2)21-17(14)23/h3-6,8,10,15H,7H2,1-2H3,(H,20,22)(H,21,23). The number of nitriles is 1. The quantitative estimate of drug-likeness (QED) is 0.842. The highest BCUT2D eigenvalue weighted by Crippen LogP contribution is 2.35. The fourth-order valence-corrected chi connectivity index (χ4v) is 3.68. The topological polar surface area (TPSA) is 85.8 Å². The molecule has 2 atom stereocenters. The van der Waals surface area contributed by atoms with Gasteiger partial charge in [-0.15, -0.1) is 11.8 Å². The van der Waals surface area contributed by atoms with E-state index in [2.05, 4.69) is 23.3 Å². The zero-order valence-electron chi connectivity index (χ0n) is 13.4. The molecular weight excluding hydrogens is 322 g/mol. The van der Waals surface area contributed by atoms with Gasteiger partial charge in [0.25, 0.3) is 11.5 Å². The first-order chi connectivity index (χ1) is 11.5. The average molecular weight is 339 g/mol. The van der Waals surface area contributed by atoms with Crippen molar-refractivity contribution >= 4 is 17.7 Å². The van der Waals surface area contributed by atoms with Crippen LogP contribution in [-0.4, -0.2) is 17.1 Å². The Kier molecular flexibility index (Phi) is 4.45. The van der Waals surface area contributed by atoms with Gasteiger partial charge in [-0.1, -0.05) is 31.2 Å². The number of carbonyl (C=O) groups excluding carboxylic acids is 1. The number of nitrogens with one attached hydrogen (secondary N) is 2. The summed E-state index contributed by atoms with van der Waals surface area (Å²) in [6.45, 7) is 2.08. The van der Waals surface area contributed by atoms with E-state index < -0.39 is 11.5 Å². The fourth-order valence-electron chi connectivity index (χ4n) is 3.16. The predicted octanol–water partition coefficient (Wildman–Crippen LogP) is 2.63. The van der Waals surface area contributed by atoms with Crippen LogP contribution < -0.4 is 10.9 Å². The molecule has 0 fully saturated rings. The molecule has 0 radical (unpaired) electrons. The van der Waals surface area contributed by atoms with Crippen LogP contribution in [-0.2, 0) is 6.42 Å². The van der Waals surface area contributed by atoms with E-state index in [1.165, 1.54) is 23.4 Å². The molecule has 3 rings (SSSR count).